The van der Waals surface area contributed by atoms with Crippen LogP contribution in [0.4, 0.5) is 13.2 Å². The zero-order chi connectivity index (χ0) is 20.3. The monoisotopic (exact) mass is 405 g/mol. The lowest BCUT2D eigenvalue weighted by Crippen LogP contribution is -2.38. The molecule has 2 heterocycles. The molecule has 3 aromatic rings. The van der Waals surface area contributed by atoms with Gasteiger partial charge in [-0.2, -0.15) is 13.2 Å². The first kappa shape index (κ1) is 19.6. The molecule has 29 heavy (non-hydrogen) atoms. The lowest BCUT2D eigenvalue weighted by molar-refractivity contribution is -0.144. The number of aromatic nitrogens is 2. The largest absolute Gasteiger partial charge is 0.486 e. The number of aryl methyl sites for hydroxylation is 1. The highest BCUT2D eigenvalue weighted by Gasteiger charge is 2.36. The van der Waals surface area contributed by atoms with E-state index in [0.29, 0.717) is 18.9 Å². The molecule has 8 heteroatoms. The van der Waals surface area contributed by atoms with Crippen LogP contribution in [0.1, 0.15) is 24.2 Å². The molecule has 1 unspecified atom stereocenters. The number of halogens is 3. The number of aromatic amines is 1. The Hall–Kier alpha value is -2.74. The third-order valence-electron chi connectivity index (χ3n) is 4.83. The van der Waals surface area contributed by atoms with Crippen LogP contribution in [0.3, 0.4) is 0 Å². The van der Waals surface area contributed by atoms with Gasteiger partial charge in [-0.05, 0) is 43.5 Å². The van der Waals surface area contributed by atoms with E-state index in [9.17, 15) is 13.2 Å². The fourth-order valence-corrected chi connectivity index (χ4v) is 3.36. The SMILES string of the molecule is FC(F)(F)c1nc2c3c(ccc2[nH]1)OCC(CNCCCCc1ccccc1)O3. The lowest BCUT2D eigenvalue weighted by atomic mass is 10.1. The van der Waals surface area contributed by atoms with E-state index in [-0.39, 0.29) is 22.9 Å². The van der Waals surface area contributed by atoms with Crippen molar-refractivity contribution in [1.82, 2.24) is 15.3 Å². The Kier molecular flexibility index (Phi) is 5.62. The van der Waals surface area contributed by atoms with Gasteiger partial charge in [-0.25, -0.2) is 4.98 Å². The number of unbranched alkanes of at least 4 members (excludes halogenated alkanes) is 1. The van der Waals surface area contributed by atoms with Gasteiger partial charge in [0, 0.05) is 6.54 Å². The molecule has 1 aliphatic rings. The van der Waals surface area contributed by atoms with Gasteiger partial charge in [-0.3, -0.25) is 0 Å². The normalized spacial score (nSPS) is 16.3. The third kappa shape index (κ3) is 4.64. The maximum absolute atomic E-state index is 12.9. The number of alkyl halides is 3. The molecule has 0 fully saturated rings. The van der Waals surface area contributed by atoms with Crippen LogP contribution >= 0.6 is 0 Å². The van der Waals surface area contributed by atoms with Crippen LogP contribution in [-0.2, 0) is 12.6 Å². The molecule has 1 aliphatic heterocycles. The summed E-state index contributed by atoms with van der Waals surface area (Å²) in [6.07, 6.45) is -1.68. The van der Waals surface area contributed by atoms with Crippen molar-refractivity contribution in [2.24, 2.45) is 0 Å². The van der Waals surface area contributed by atoms with E-state index in [4.69, 9.17) is 9.47 Å². The number of benzene rings is 2. The van der Waals surface area contributed by atoms with Crippen LogP contribution in [0, 0.1) is 0 Å². The molecule has 1 atom stereocenters. The highest BCUT2D eigenvalue weighted by Crippen LogP contribution is 2.39. The fourth-order valence-electron chi connectivity index (χ4n) is 3.36. The molecular formula is C21H22F3N3O2. The fraction of sp³-hybridized carbons (Fsp3) is 0.381. The standard InChI is InChI=1S/C21H22F3N3O2/c22-21(23,24)20-26-16-9-10-17-19(18(16)27-20)29-15(13-28-17)12-25-11-5-4-8-14-6-2-1-3-7-14/h1-3,6-7,9-10,15,25H,4-5,8,11-13H2,(H,26,27). The first-order valence-corrected chi connectivity index (χ1v) is 9.65. The zero-order valence-electron chi connectivity index (χ0n) is 15.8. The molecule has 2 N–H and O–H groups in total. The Labute approximate surface area is 166 Å². The molecule has 0 amide bonds. The summed E-state index contributed by atoms with van der Waals surface area (Å²) < 4.78 is 50.4. The minimum Gasteiger partial charge on any atom is -0.486 e. The summed E-state index contributed by atoms with van der Waals surface area (Å²) in [5.74, 6) is -0.364. The molecule has 0 saturated heterocycles. The van der Waals surface area contributed by atoms with E-state index >= 15 is 0 Å². The molecule has 154 valence electrons. The Morgan fingerprint density at radius 1 is 1.10 bits per heavy atom. The molecular weight excluding hydrogens is 383 g/mol. The Morgan fingerprint density at radius 2 is 1.93 bits per heavy atom. The molecule has 0 aliphatic carbocycles. The van der Waals surface area contributed by atoms with Crippen molar-refractivity contribution in [3.05, 3.63) is 53.9 Å². The topological polar surface area (TPSA) is 59.2 Å². The highest BCUT2D eigenvalue weighted by molar-refractivity contribution is 5.85. The van der Waals surface area contributed by atoms with Gasteiger partial charge >= 0.3 is 6.18 Å². The van der Waals surface area contributed by atoms with Gasteiger partial charge in [0.25, 0.3) is 0 Å². The van der Waals surface area contributed by atoms with Gasteiger partial charge < -0.3 is 19.8 Å². The van der Waals surface area contributed by atoms with Crippen LogP contribution in [0.15, 0.2) is 42.5 Å². The highest BCUT2D eigenvalue weighted by atomic mass is 19.4. The maximum Gasteiger partial charge on any atom is 0.449 e. The van der Waals surface area contributed by atoms with Crippen molar-refractivity contribution in [1.29, 1.82) is 0 Å². The van der Waals surface area contributed by atoms with Crippen molar-refractivity contribution in [2.75, 3.05) is 19.7 Å². The summed E-state index contributed by atoms with van der Waals surface area (Å²) in [7, 11) is 0. The van der Waals surface area contributed by atoms with E-state index in [1.54, 1.807) is 6.07 Å². The van der Waals surface area contributed by atoms with Gasteiger partial charge in [0.1, 0.15) is 18.2 Å². The van der Waals surface area contributed by atoms with Crippen molar-refractivity contribution in [3.63, 3.8) is 0 Å². The van der Waals surface area contributed by atoms with Crippen LogP contribution in [0.2, 0.25) is 0 Å². The minimum absolute atomic E-state index is 0.141. The third-order valence-corrected chi connectivity index (χ3v) is 4.83. The zero-order valence-corrected chi connectivity index (χ0v) is 15.8. The van der Waals surface area contributed by atoms with E-state index in [0.717, 1.165) is 25.8 Å². The van der Waals surface area contributed by atoms with Crippen LogP contribution in [0.5, 0.6) is 11.5 Å². The van der Waals surface area contributed by atoms with E-state index < -0.39 is 12.0 Å². The minimum atomic E-state index is -4.54. The van der Waals surface area contributed by atoms with Crippen LogP contribution < -0.4 is 14.8 Å². The molecule has 5 nitrogen and oxygen atoms in total. The number of ether oxygens (including phenoxy) is 2. The van der Waals surface area contributed by atoms with Gasteiger partial charge in [-0.1, -0.05) is 30.3 Å². The number of rotatable bonds is 7. The predicted octanol–water partition coefficient (Wildman–Crippen LogP) is 4.33. The van der Waals surface area contributed by atoms with Crippen molar-refractivity contribution < 1.29 is 22.6 Å². The van der Waals surface area contributed by atoms with Gasteiger partial charge in [0.2, 0.25) is 5.82 Å². The number of nitrogens with zero attached hydrogens (tertiary/aromatic N) is 1. The molecule has 2 aromatic carbocycles. The second-order valence-corrected chi connectivity index (χ2v) is 7.07. The first-order valence-electron chi connectivity index (χ1n) is 9.65. The number of nitrogens with one attached hydrogen (secondary N) is 2. The second-order valence-electron chi connectivity index (χ2n) is 7.07. The Morgan fingerprint density at radius 3 is 2.72 bits per heavy atom. The summed E-state index contributed by atoms with van der Waals surface area (Å²) in [4.78, 5) is 5.97. The van der Waals surface area contributed by atoms with Crippen LogP contribution in [0.25, 0.3) is 11.0 Å². The lowest BCUT2D eigenvalue weighted by Gasteiger charge is -2.26. The number of fused-ring (bicyclic) bond motifs is 3. The number of imidazole rings is 1. The molecule has 4 rings (SSSR count). The van der Waals surface area contributed by atoms with Gasteiger partial charge in [-0.15, -0.1) is 0 Å². The summed E-state index contributed by atoms with van der Waals surface area (Å²) in [5, 5.41) is 3.34. The maximum atomic E-state index is 12.9. The van der Waals surface area contributed by atoms with Crippen LogP contribution in [-0.4, -0.2) is 35.8 Å². The number of hydrogen-bond acceptors (Lipinski definition) is 4. The predicted molar refractivity (Wildman–Crippen MR) is 103 cm³/mol. The number of hydrogen-bond donors (Lipinski definition) is 2. The van der Waals surface area contributed by atoms with Gasteiger partial charge in [0.15, 0.2) is 11.5 Å². The Balaban J connectivity index is 1.29. The van der Waals surface area contributed by atoms with Gasteiger partial charge in [0.05, 0.1) is 5.52 Å². The smallest absolute Gasteiger partial charge is 0.449 e. The van der Waals surface area contributed by atoms with Crippen molar-refractivity contribution in [3.8, 4) is 11.5 Å². The number of H-pyrrole nitrogens is 1. The molecule has 0 saturated carbocycles. The average molecular weight is 405 g/mol. The average Bonchev–Trinajstić information content (AvgIpc) is 3.17. The molecule has 0 spiro atoms. The summed E-state index contributed by atoms with van der Waals surface area (Å²) in [6, 6.07) is 13.5. The van der Waals surface area contributed by atoms with Crippen molar-refractivity contribution in [2.45, 2.75) is 31.5 Å². The van der Waals surface area contributed by atoms with Crippen molar-refractivity contribution >= 4 is 11.0 Å². The van der Waals surface area contributed by atoms with E-state index in [1.807, 2.05) is 18.2 Å². The summed E-state index contributed by atoms with van der Waals surface area (Å²) in [5.41, 5.74) is 1.74. The molecule has 0 radical (unpaired) electrons. The first-order chi connectivity index (χ1) is 14.0. The summed E-state index contributed by atoms with van der Waals surface area (Å²) in [6.45, 7) is 1.73. The second kappa shape index (κ2) is 8.32. The molecule has 1 aromatic heterocycles. The summed E-state index contributed by atoms with van der Waals surface area (Å²) >= 11 is 0. The molecule has 0 bridgehead atoms. The quantitative estimate of drug-likeness (QED) is 0.575. The van der Waals surface area contributed by atoms with E-state index in [2.05, 4.69) is 27.4 Å². The van der Waals surface area contributed by atoms with E-state index in [1.165, 1.54) is 11.6 Å². The Bertz CT molecular complexity index is 957.